The fraction of sp³-hybridized carbons (Fsp3) is 0.444. The van der Waals surface area contributed by atoms with Gasteiger partial charge in [0.15, 0.2) is 0 Å². The summed E-state index contributed by atoms with van der Waals surface area (Å²) in [5, 5.41) is 0.555. The van der Waals surface area contributed by atoms with Crippen molar-refractivity contribution < 1.29 is 9.53 Å². The Morgan fingerprint density at radius 2 is 2.31 bits per heavy atom. The van der Waals surface area contributed by atoms with E-state index in [1.165, 1.54) is 5.54 Å². The van der Waals surface area contributed by atoms with Crippen molar-refractivity contribution in [2.45, 2.75) is 26.4 Å². The molecule has 0 aliphatic carbocycles. The second-order valence-electron chi connectivity index (χ2n) is 2.98. The predicted molar refractivity (Wildman–Crippen MR) is 52.7 cm³/mol. The zero-order valence-electron chi connectivity index (χ0n) is 7.43. The standard InChI is InChI=1S/C9H10Cl2O2/c1-5(4-10)8-3-7(11)6(2)9(12)13-8/h4,8H,3H2,1-2H3. The summed E-state index contributed by atoms with van der Waals surface area (Å²) in [6.07, 6.45) is 0.218. The van der Waals surface area contributed by atoms with Crippen molar-refractivity contribution in [3.63, 3.8) is 0 Å². The van der Waals surface area contributed by atoms with Crippen LogP contribution in [-0.2, 0) is 9.53 Å². The molecule has 0 saturated heterocycles. The molecule has 0 aromatic rings. The average Bonchev–Trinajstić information content (AvgIpc) is 2.12. The molecule has 1 aliphatic rings. The van der Waals surface area contributed by atoms with Crippen molar-refractivity contribution in [1.82, 2.24) is 0 Å². The summed E-state index contributed by atoms with van der Waals surface area (Å²) in [7, 11) is 0. The lowest BCUT2D eigenvalue weighted by molar-refractivity contribution is -0.143. The third-order valence-electron chi connectivity index (χ3n) is 2.01. The number of cyclic esters (lactones) is 1. The zero-order valence-corrected chi connectivity index (χ0v) is 8.95. The van der Waals surface area contributed by atoms with E-state index in [0.717, 1.165) is 5.57 Å². The number of halogens is 2. The van der Waals surface area contributed by atoms with Crippen molar-refractivity contribution in [1.29, 1.82) is 0 Å². The predicted octanol–water partition coefficient (Wildman–Crippen LogP) is 2.96. The maximum Gasteiger partial charge on any atom is 0.335 e. The summed E-state index contributed by atoms with van der Waals surface area (Å²) in [6.45, 7) is 3.45. The summed E-state index contributed by atoms with van der Waals surface area (Å²) < 4.78 is 5.09. The average molecular weight is 221 g/mol. The Labute approximate surface area is 87.2 Å². The highest BCUT2D eigenvalue weighted by molar-refractivity contribution is 6.32. The van der Waals surface area contributed by atoms with Crippen LogP contribution in [0, 0.1) is 0 Å². The molecule has 0 N–H and O–H groups in total. The molecule has 1 aliphatic heterocycles. The second-order valence-corrected chi connectivity index (χ2v) is 3.66. The second kappa shape index (κ2) is 4.16. The number of rotatable bonds is 1. The highest BCUT2D eigenvalue weighted by atomic mass is 35.5. The Kier molecular flexibility index (Phi) is 3.40. The van der Waals surface area contributed by atoms with Gasteiger partial charge in [-0.05, 0) is 19.4 Å². The highest BCUT2D eigenvalue weighted by Crippen LogP contribution is 2.28. The van der Waals surface area contributed by atoms with Crippen molar-refractivity contribution >= 4 is 29.2 Å². The molecule has 0 radical (unpaired) electrons. The lowest BCUT2D eigenvalue weighted by Gasteiger charge is -2.23. The van der Waals surface area contributed by atoms with E-state index in [9.17, 15) is 4.79 Å². The minimum absolute atomic E-state index is 0.304. The Balaban J connectivity index is 2.86. The smallest absolute Gasteiger partial charge is 0.335 e. The van der Waals surface area contributed by atoms with Crippen molar-refractivity contribution in [2.24, 2.45) is 0 Å². The minimum atomic E-state index is -0.362. The Bertz CT molecular complexity index is 292. The third kappa shape index (κ3) is 2.26. The summed E-state index contributed by atoms with van der Waals surface area (Å²) in [4.78, 5) is 11.2. The van der Waals surface area contributed by atoms with Gasteiger partial charge in [-0.25, -0.2) is 4.79 Å². The number of ether oxygens (including phenoxy) is 1. The maximum atomic E-state index is 11.2. The third-order valence-corrected chi connectivity index (χ3v) is 2.79. The largest absolute Gasteiger partial charge is 0.454 e. The molecule has 1 heterocycles. The fourth-order valence-electron chi connectivity index (χ4n) is 1.01. The molecule has 0 aromatic heterocycles. The van der Waals surface area contributed by atoms with Crippen molar-refractivity contribution in [3.05, 3.63) is 21.7 Å². The Morgan fingerprint density at radius 1 is 1.69 bits per heavy atom. The van der Waals surface area contributed by atoms with Gasteiger partial charge in [-0.15, -0.1) is 0 Å². The van der Waals surface area contributed by atoms with E-state index in [4.69, 9.17) is 27.9 Å². The molecule has 0 bridgehead atoms. The number of carbonyl (C=O) groups is 1. The first-order chi connectivity index (χ1) is 6.06. The van der Waals surface area contributed by atoms with E-state index in [1.807, 2.05) is 0 Å². The van der Waals surface area contributed by atoms with Crippen LogP contribution in [0.5, 0.6) is 0 Å². The lowest BCUT2D eigenvalue weighted by Crippen LogP contribution is -2.25. The van der Waals surface area contributed by atoms with Gasteiger partial charge >= 0.3 is 5.97 Å². The van der Waals surface area contributed by atoms with Gasteiger partial charge in [-0.2, -0.15) is 0 Å². The number of hydrogen-bond acceptors (Lipinski definition) is 2. The van der Waals surface area contributed by atoms with E-state index in [-0.39, 0.29) is 12.1 Å². The van der Waals surface area contributed by atoms with Crippen LogP contribution in [0.25, 0.3) is 0 Å². The van der Waals surface area contributed by atoms with E-state index < -0.39 is 0 Å². The first-order valence-electron chi connectivity index (χ1n) is 3.89. The van der Waals surface area contributed by atoms with Gasteiger partial charge in [-0.3, -0.25) is 0 Å². The van der Waals surface area contributed by atoms with Crippen LogP contribution < -0.4 is 0 Å². The molecule has 1 unspecified atom stereocenters. The molecule has 13 heavy (non-hydrogen) atoms. The van der Waals surface area contributed by atoms with Crippen LogP contribution in [0.2, 0.25) is 0 Å². The van der Waals surface area contributed by atoms with Gasteiger partial charge in [-0.1, -0.05) is 23.2 Å². The van der Waals surface area contributed by atoms with Crippen LogP contribution in [0.3, 0.4) is 0 Å². The molecule has 1 atom stereocenters. The molecule has 0 saturated carbocycles. The topological polar surface area (TPSA) is 26.3 Å². The molecule has 1 rings (SSSR count). The molecule has 72 valence electrons. The van der Waals surface area contributed by atoms with Gasteiger partial charge in [0.25, 0.3) is 0 Å². The van der Waals surface area contributed by atoms with Crippen LogP contribution in [0.15, 0.2) is 21.7 Å². The first-order valence-corrected chi connectivity index (χ1v) is 4.70. The van der Waals surface area contributed by atoms with Crippen molar-refractivity contribution in [2.75, 3.05) is 0 Å². The van der Waals surface area contributed by atoms with E-state index >= 15 is 0 Å². The van der Waals surface area contributed by atoms with Crippen LogP contribution in [0.4, 0.5) is 0 Å². The summed E-state index contributed by atoms with van der Waals surface area (Å²) >= 11 is 11.4. The van der Waals surface area contributed by atoms with Gasteiger partial charge in [0.05, 0.1) is 0 Å². The normalized spacial score (nSPS) is 24.8. The van der Waals surface area contributed by atoms with Gasteiger partial charge in [0.2, 0.25) is 0 Å². The first kappa shape index (κ1) is 10.6. The van der Waals surface area contributed by atoms with Gasteiger partial charge < -0.3 is 4.74 Å². The number of carbonyl (C=O) groups excluding carboxylic acids is 1. The summed E-state index contributed by atoms with van der Waals surface area (Å²) in [6, 6.07) is 0. The van der Waals surface area contributed by atoms with Crippen LogP contribution >= 0.6 is 23.2 Å². The van der Waals surface area contributed by atoms with Gasteiger partial charge in [0, 0.05) is 22.6 Å². The SMILES string of the molecule is CC(=CCl)C1CC(Cl)=C(C)C(=O)O1. The van der Waals surface area contributed by atoms with E-state index in [0.29, 0.717) is 17.0 Å². The minimum Gasteiger partial charge on any atom is -0.454 e. The van der Waals surface area contributed by atoms with Crippen LogP contribution in [0.1, 0.15) is 20.3 Å². The van der Waals surface area contributed by atoms with Crippen LogP contribution in [-0.4, -0.2) is 12.1 Å². The highest BCUT2D eigenvalue weighted by Gasteiger charge is 2.26. The fourth-order valence-corrected chi connectivity index (χ4v) is 1.37. The molecule has 0 spiro atoms. The molecule has 0 fully saturated rings. The Hall–Kier alpha value is -0.470. The van der Waals surface area contributed by atoms with E-state index in [2.05, 4.69) is 0 Å². The summed E-state index contributed by atoms with van der Waals surface area (Å²) in [5.74, 6) is -0.362. The lowest BCUT2D eigenvalue weighted by atomic mass is 10.1. The van der Waals surface area contributed by atoms with Gasteiger partial charge in [0.1, 0.15) is 6.10 Å². The Morgan fingerprint density at radius 3 is 2.77 bits per heavy atom. The number of hydrogen-bond donors (Lipinski definition) is 0. The molecule has 2 nitrogen and oxygen atoms in total. The zero-order chi connectivity index (χ0) is 10.0. The summed E-state index contributed by atoms with van der Waals surface area (Å²) in [5.41, 5.74) is 2.70. The molecular formula is C9H10Cl2O2. The maximum absolute atomic E-state index is 11.2. The molecular weight excluding hydrogens is 211 g/mol. The quantitative estimate of drug-likeness (QED) is 0.636. The van der Waals surface area contributed by atoms with Crippen molar-refractivity contribution in [3.8, 4) is 0 Å². The molecule has 0 amide bonds. The molecule has 0 aromatic carbocycles. The number of esters is 1. The monoisotopic (exact) mass is 220 g/mol. The molecule has 4 heteroatoms. The van der Waals surface area contributed by atoms with E-state index in [1.54, 1.807) is 13.8 Å².